The molecule has 0 aromatic rings. The van der Waals surface area contributed by atoms with E-state index in [1.54, 1.807) is 0 Å². The van der Waals surface area contributed by atoms with Gasteiger partial charge in [0, 0.05) is 12.1 Å². The van der Waals surface area contributed by atoms with Gasteiger partial charge in [0.05, 0.1) is 11.3 Å². The maximum atomic E-state index is 13.1. The van der Waals surface area contributed by atoms with Gasteiger partial charge in [-0.1, -0.05) is 56.4 Å². The lowest BCUT2D eigenvalue weighted by Crippen LogP contribution is -2.32. The van der Waals surface area contributed by atoms with Crippen molar-refractivity contribution in [1.82, 2.24) is 5.32 Å². The maximum absolute atomic E-state index is 13.1. The highest BCUT2D eigenvalue weighted by atomic mass is 16.3. The zero-order valence-electron chi connectivity index (χ0n) is 19.0. The Morgan fingerprint density at radius 1 is 0.931 bits per heavy atom. The molecule has 4 nitrogen and oxygen atoms in total. The predicted molar refractivity (Wildman–Crippen MR) is 121 cm³/mol. The number of carbonyl (C=O) groups excluding carboxylic acids is 2. The van der Waals surface area contributed by atoms with Crippen molar-refractivity contribution >= 4 is 11.6 Å². The topological polar surface area (TPSA) is 66.4 Å². The first-order valence-electron chi connectivity index (χ1n) is 11.1. The first-order chi connectivity index (χ1) is 13.8. The molecule has 0 unspecified atom stereocenters. The molecule has 0 saturated heterocycles. The van der Waals surface area contributed by atoms with E-state index in [9.17, 15) is 14.7 Å². The van der Waals surface area contributed by atoms with Gasteiger partial charge in [-0.15, -0.1) is 0 Å². The molecular formula is C25H39NO3. The Kier molecular flexibility index (Phi) is 11.3. The maximum Gasteiger partial charge on any atom is 0.225 e. The highest BCUT2D eigenvalue weighted by molar-refractivity contribution is 6.24. The zero-order valence-corrected chi connectivity index (χ0v) is 19.0. The molecule has 0 radical (unpaired) electrons. The quantitative estimate of drug-likeness (QED) is 0.217. The van der Waals surface area contributed by atoms with Crippen LogP contribution in [0.3, 0.4) is 0 Å². The number of carbonyl (C=O) groups is 2. The van der Waals surface area contributed by atoms with Gasteiger partial charge in [0.15, 0.2) is 5.76 Å². The van der Waals surface area contributed by atoms with Crippen LogP contribution >= 0.6 is 0 Å². The Bertz CT molecular complexity index is 704. The monoisotopic (exact) mass is 401 g/mol. The third-order valence-corrected chi connectivity index (χ3v) is 5.19. The van der Waals surface area contributed by atoms with Crippen LogP contribution in [-0.2, 0) is 9.59 Å². The Labute approximate surface area is 176 Å². The first kappa shape index (κ1) is 24.9. The summed E-state index contributed by atoms with van der Waals surface area (Å²) >= 11 is 0. The minimum atomic E-state index is -0.384. The third kappa shape index (κ3) is 8.04. The molecule has 1 aliphatic rings. The van der Waals surface area contributed by atoms with Gasteiger partial charge >= 0.3 is 0 Å². The minimum absolute atomic E-state index is 0.217. The minimum Gasteiger partial charge on any atom is -0.504 e. The van der Waals surface area contributed by atoms with E-state index >= 15 is 0 Å². The molecule has 0 atom stereocenters. The summed E-state index contributed by atoms with van der Waals surface area (Å²) in [6.45, 7) is 11.0. The van der Waals surface area contributed by atoms with Crippen molar-refractivity contribution in [1.29, 1.82) is 0 Å². The molecule has 0 fully saturated rings. The van der Waals surface area contributed by atoms with E-state index < -0.39 is 0 Å². The highest BCUT2D eigenvalue weighted by Crippen LogP contribution is 2.28. The van der Waals surface area contributed by atoms with Gasteiger partial charge in [-0.3, -0.25) is 9.59 Å². The van der Waals surface area contributed by atoms with Crippen LogP contribution < -0.4 is 5.32 Å². The van der Waals surface area contributed by atoms with E-state index in [2.05, 4.69) is 39.1 Å². The van der Waals surface area contributed by atoms with Crippen LogP contribution in [0.2, 0.25) is 0 Å². The molecule has 0 aromatic heterocycles. The fourth-order valence-corrected chi connectivity index (χ4v) is 3.31. The van der Waals surface area contributed by atoms with Crippen molar-refractivity contribution in [2.75, 3.05) is 6.54 Å². The second-order valence-electron chi connectivity index (χ2n) is 8.15. The SMILES string of the molecule is CCCCCC1=C(NCCCC)C(=O)C(CC=C(C)CCC=C(C)C)=C(O)C1=O. The summed E-state index contributed by atoms with van der Waals surface area (Å²) in [6, 6.07) is 0. The number of ketones is 2. The summed E-state index contributed by atoms with van der Waals surface area (Å²) in [7, 11) is 0. The van der Waals surface area contributed by atoms with Crippen LogP contribution in [0, 0.1) is 0 Å². The second-order valence-corrected chi connectivity index (χ2v) is 8.15. The zero-order chi connectivity index (χ0) is 21.8. The molecule has 0 heterocycles. The number of aliphatic hydroxyl groups is 1. The van der Waals surface area contributed by atoms with E-state index in [-0.39, 0.29) is 29.3 Å². The summed E-state index contributed by atoms with van der Waals surface area (Å²) in [5, 5.41) is 13.7. The number of aliphatic hydroxyl groups excluding tert-OH is 1. The predicted octanol–water partition coefficient (Wildman–Crippen LogP) is 6.26. The van der Waals surface area contributed by atoms with Crippen molar-refractivity contribution in [2.45, 2.75) is 92.4 Å². The van der Waals surface area contributed by atoms with Gasteiger partial charge < -0.3 is 10.4 Å². The summed E-state index contributed by atoms with van der Waals surface area (Å²) in [4.78, 5) is 25.9. The number of allylic oxidation sites excluding steroid dienone is 6. The standard InChI is InChI=1S/C25H39NO3/c1-6-8-10-14-20-22(26-17-9-7-2)23(27)21(25(29)24(20)28)16-15-19(5)13-11-12-18(3)4/h12,15,26,29H,6-11,13-14,16-17H2,1-5H3. The number of hydrogen-bond acceptors (Lipinski definition) is 4. The van der Waals surface area contributed by atoms with E-state index in [1.807, 2.05) is 13.0 Å². The molecule has 162 valence electrons. The number of Topliss-reactive ketones (excluding diaryl/α,β-unsaturated/α-hetero) is 2. The summed E-state index contributed by atoms with van der Waals surface area (Å²) in [6.07, 6.45) is 11.6. The van der Waals surface area contributed by atoms with Crippen LogP contribution in [0.1, 0.15) is 92.4 Å². The van der Waals surface area contributed by atoms with Gasteiger partial charge in [0.1, 0.15) is 0 Å². The summed E-state index contributed by atoms with van der Waals surface area (Å²) in [5.41, 5.74) is 3.51. The molecular weight excluding hydrogens is 362 g/mol. The van der Waals surface area contributed by atoms with Crippen LogP contribution in [-0.4, -0.2) is 23.2 Å². The van der Waals surface area contributed by atoms with Crippen LogP contribution in [0.25, 0.3) is 0 Å². The van der Waals surface area contributed by atoms with Crippen LogP contribution in [0.15, 0.2) is 45.9 Å². The molecule has 4 heteroatoms. The summed E-state index contributed by atoms with van der Waals surface area (Å²) < 4.78 is 0. The average Bonchev–Trinajstić information content (AvgIpc) is 2.67. The van der Waals surface area contributed by atoms with Crippen molar-refractivity contribution < 1.29 is 14.7 Å². The fraction of sp³-hybridized carbons (Fsp3) is 0.600. The number of rotatable bonds is 13. The molecule has 0 spiro atoms. The number of nitrogens with one attached hydrogen (secondary N) is 1. The molecule has 29 heavy (non-hydrogen) atoms. The lowest BCUT2D eigenvalue weighted by atomic mass is 9.87. The highest BCUT2D eigenvalue weighted by Gasteiger charge is 2.33. The van der Waals surface area contributed by atoms with E-state index in [1.165, 1.54) is 5.57 Å². The molecule has 2 N–H and O–H groups in total. The van der Waals surface area contributed by atoms with Gasteiger partial charge in [-0.05, 0) is 59.3 Å². The van der Waals surface area contributed by atoms with Gasteiger partial charge in [-0.2, -0.15) is 0 Å². The average molecular weight is 402 g/mol. The Morgan fingerprint density at radius 2 is 1.62 bits per heavy atom. The van der Waals surface area contributed by atoms with Gasteiger partial charge in [-0.25, -0.2) is 0 Å². The molecule has 1 aliphatic carbocycles. The van der Waals surface area contributed by atoms with Crippen LogP contribution in [0.4, 0.5) is 0 Å². The molecule has 0 aliphatic heterocycles. The fourth-order valence-electron chi connectivity index (χ4n) is 3.31. The largest absolute Gasteiger partial charge is 0.504 e. The van der Waals surface area contributed by atoms with E-state index in [4.69, 9.17) is 0 Å². The Hall–Kier alpha value is -2.10. The number of hydrogen-bond donors (Lipinski definition) is 2. The molecule has 0 aromatic carbocycles. The lowest BCUT2D eigenvalue weighted by molar-refractivity contribution is -0.118. The van der Waals surface area contributed by atoms with Crippen molar-refractivity contribution in [2.24, 2.45) is 0 Å². The Balaban J connectivity index is 3.00. The number of unbranched alkanes of at least 4 members (excludes halogenated alkanes) is 3. The van der Waals surface area contributed by atoms with Crippen molar-refractivity contribution in [3.05, 3.63) is 45.9 Å². The molecule has 1 rings (SSSR count). The van der Waals surface area contributed by atoms with Crippen molar-refractivity contribution in [3.8, 4) is 0 Å². The van der Waals surface area contributed by atoms with Crippen molar-refractivity contribution in [3.63, 3.8) is 0 Å². The molecule has 0 saturated carbocycles. The smallest absolute Gasteiger partial charge is 0.225 e. The molecule has 0 bridgehead atoms. The van der Waals surface area contributed by atoms with Gasteiger partial charge in [0.2, 0.25) is 11.6 Å². The van der Waals surface area contributed by atoms with E-state index in [0.717, 1.165) is 50.5 Å². The second kappa shape index (κ2) is 13.2. The van der Waals surface area contributed by atoms with E-state index in [0.29, 0.717) is 24.2 Å². The van der Waals surface area contributed by atoms with Crippen LogP contribution in [0.5, 0.6) is 0 Å². The summed E-state index contributed by atoms with van der Waals surface area (Å²) in [5.74, 6) is -0.973. The third-order valence-electron chi connectivity index (χ3n) is 5.19. The molecule has 0 amide bonds. The normalized spacial score (nSPS) is 15.3. The first-order valence-corrected chi connectivity index (χ1v) is 11.1. The van der Waals surface area contributed by atoms with Gasteiger partial charge in [0.25, 0.3) is 0 Å². The lowest BCUT2D eigenvalue weighted by Gasteiger charge is -2.22. The Morgan fingerprint density at radius 3 is 2.24 bits per heavy atom.